The molecule has 174 valence electrons. The number of nitrogens with one attached hydrogen (secondary N) is 1. The maximum atomic E-state index is 12.8. The van der Waals surface area contributed by atoms with Crippen molar-refractivity contribution in [2.75, 3.05) is 25.5 Å². The van der Waals surface area contributed by atoms with Crippen LogP contribution in [0.1, 0.15) is 24.8 Å². The van der Waals surface area contributed by atoms with Crippen LogP contribution in [0.25, 0.3) is 0 Å². The van der Waals surface area contributed by atoms with Gasteiger partial charge >= 0.3 is 6.03 Å². The van der Waals surface area contributed by atoms with Crippen LogP contribution < -0.4 is 14.8 Å². The van der Waals surface area contributed by atoms with Crippen molar-refractivity contribution in [3.05, 3.63) is 84.4 Å². The standard InChI is InChI=1S/C27H27N3O4/c1-32-24-9-5-6-20(18-24)25-19-27(34-29-25)14-16-30(17-15-27)26(31)28-21-10-12-23(13-11-21)33-22-7-3-2-4-8-22/h2-13,18H,14-17,19H2,1H3,(H,28,31). The summed E-state index contributed by atoms with van der Waals surface area (Å²) >= 11 is 0. The number of rotatable bonds is 5. The van der Waals surface area contributed by atoms with Crippen molar-refractivity contribution >= 4 is 17.4 Å². The van der Waals surface area contributed by atoms with Crippen LogP contribution >= 0.6 is 0 Å². The third kappa shape index (κ3) is 4.83. The van der Waals surface area contributed by atoms with E-state index in [0.29, 0.717) is 18.8 Å². The van der Waals surface area contributed by atoms with Crippen LogP contribution in [0.3, 0.4) is 0 Å². The molecule has 0 saturated carbocycles. The minimum Gasteiger partial charge on any atom is -0.497 e. The molecule has 0 bridgehead atoms. The van der Waals surface area contributed by atoms with Crippen molar-refractivity contribution in [2.24, 2.45) is 5.16 Å². The molecule has 1 N–H and O–H groups in total. The number of anilines is 1. The third-order valence-electron chi connectivity index (χ3n) is 6.29. The zero-order valence-corrected chi connectivity index (χ0v) is 19.1. The Labute approximate surface area is 198 Å². The molecule has 0 unspecified atom stereocenters. The smallest absolute Gasteiger partial charge is 0.321 e. The van der Waals surface area contributed by atoms with E-state index in [0.717, 1.165) is 47.7 Å². The van der Waals surface area contributed by atoms with Gasteiger partial charge in [-0.2, -0.15) is 0 Å². The SMILES string of the molecule is COc1cccc(C2=NOC3(CCN(C(=O)Nc4ccc(Oc5ccccc5)cc4)CC3)C2)c1. The monoisotopic (exact) mass is 457 g/mol. The summed E-state index contributed by atoms with van der Waals surface area (Å²) in [5.41, 5.74) is 2.32. The van der Waals surface area contributed by atoms with Crippen molar-refractivity contribution in [2.45, 2.75) is 24.9 Å². The number of hydrogen-bond acceptors (Lipinski definition) is 5. The molecule has 2 amide bonds. The lowest BCUT2D eigenvalue weighted by Gasteiger charge is -2.37. The second kappa shape index (κ2) is 9.47. The Hall–Kier alpha value is -4.00. The van der Waals surface area contributed by atoms with Gasteiger partial charge < -0.3 is 24.5 Å². The van der Waals surface area contributed by atoms with E-state index in [-0.39, 0.29) is 11.6 Å². The number of urea groups is 1. The van der Waals surface area contributed by atoms with Gasteiger partial charge in [-0.3, -0.25) is 0 Å². The fourth-order valence-electron chi connectivity index (χ4n) is 4.30. The van der Waals surface area contributed by atoms with Gasteiger partial charge in [-0.15, -0.1) is 0 Å². The molecule has 1 fully saturated rings. The summed E-state index contributed by atoms with van der Waals surface area (Å²) in [7, 11) is 1.65. The molecule has 1 saturated heterocycles. The van der Waals surface area contributed by atoms with Gasteiger partial charge in [0.2, 0.25) is 0 Å². The van der Waals surface area contributed by atoms with Crippen LogP contribution in [-0.2, 0) is 4.84 Å². The van der Waals surface area contributed by atoms with E-state index in [9.17, 15) is 4.79 Å². The van der Waals surface area contributed by atoms with Crippen molar-refractivity contribution in [3.8, 4) is 17.2 Å². The maximum absolute atomic E-state index is 12.8. The molecule has 5 rings (SSSR count). The number of benzene rings is 3. The largest absolute Gasteiger partial charge is 0.497 e. The topological polar surface area (TPSA) is 72.4 Å². The lowest BCUT2D eigenvalue weighted by atomic mass is 9.85. The first-order chi connectivity index (χ1) is 16.6. The molecule has 34 heavy (non-hydrogen) atoms. The van der Waals surface area contributed by atoms with E-state index in [1.165, 1.54) is 0 Å². The van der Waals surface area contributed by atoms with Crippen LogP contribution in [0.2, 0.25) is 0 Å². The van der Waals surface area contributed by atoms with Gasteiger partial charge in [0.15, 0.2) is 0 Å². The van der Waals surface area contributed by atoms with E-state index in [1.807, 2.05) is 83.8 Å². The Morgan fingerprint density at radius 2 is 1.65 bits per heavy atom. The molecule has 0 aliphatic carbocycles. The van der Waals surface area contributed by atoms with Crippen molar-refractivity contribution in [3.63, 3.8) is 0 Å². The average molecular weight is 458 g/mol. The van der Waals surface area contributed by atoms with Crippen molar-refractivity contribution < 1.29 is 19.1 Å². The van der Waals surface area contributed by atoms with Gasteiger partial charge in [-0.1, -0.05) is 35.5 Å². The summed E-state index contributed by atoms with van der Waals surface area (Å²) in [6.45, 7) is 1.23. The molecule has 1 spiro atoms. The number of hydrogen-bond donors (Lipinski definition) is 1. The fourth-order valence-corrected chi connectivity index (χ4v) is 4.30. The van der Waals surface area contributed by atoms with E-state index in [2.05, 4.69) is 10.5 Å². The highest BCUT2D eigenvalue weighted by Crippen LogP contribution is 2.36. The summed E-state index contributed by atoms with van der Waals surface area (Å²) in [6.07, 6.45) is 2.21. The quantitative estimate of drug-likeness (QED) is 0.535. The second-order valence-electron chi connectivity index (χ2n) is 8.58. The molecule has 3 aromatic carbocycles. The van der Waals surface area contributed by atoms with Gasteiger partial charge in [0.05, 0.1) is 12.8 Å². The number of ether oxygens (including phenoxy) is 2. The number of amides is 2. The zero-order valence-electron chi connectivity index (χ0n) is 19.1. The Morgan fingerprint density at radius 1 is 0.941 bits per heavy atom. The first kappa shape index (κ1) is 21.8. The predicted molar refractivity (Wildman–Crippen MR) is 131 cm³/mol. The number of nitrogens with zero attached hydrogens (tertiary/aromatic N) is 2. The molecule has 0 aromatic heterocycles. The van der Waals surface area contributed by atoms with Gasteiger partial charge in [0.1, 0.15) is 22.8 Å². The molecule has 7 heteroatoms. The maximum Gasteiger partial charge on any atom is 0.321 e. The lowest BCUT2D eigenvalue weighted by Crippen LogP contribution is -2.48. The normalized spacial score (nSPS) is 16.5. The number of piperidine rings is 1. The molecule has 0 radical (unpaired) electrons. The summed E-state index contributed by atoms with van der Waals surface area (Å²) in [5.74, 6) is 2.29. The van der Waals surface area contributed by atoms with Crippen molar-refractivity contribution in [1.82, 2.24) is 4.90 Å². The Bertz CT molecular complexity index is 1170. The van der Waals surface area contributed by atoms with E-state index in [4.69, 9.17) is 14.3 Å². The minimum absolute atomic E-state index is 0.112. The summed E-state index contributed by atoms with van der Waals surface area (Å²) in [4.78, 5) is 20.5. The van der Waals surface area contributed by atoms with Gasteiger partial charge in [-0.05, 0) is 48.5 Å². The van der Waals surface area contributed by atoms with E-state index < -0.39 is 0 Å². The summed E-state index contributed by atoms with van der Waals surface area (Å²) in [6, 6.07) is 24.7. The lowest BCUT2D eigenvalue weighted by molar-refractivity contribution is -0.0544. The number of likely N-dealkylation sites (tertiary alicyclic amines) is 1. The molecular formula is C27H27N3O4. The fraction of sp³-hybridized carbons (Fsp3) is 0.259. The second-order valence-corrected chi connectivity index (χ2v) is 8.58. The van der Waals surface area contributed by atoms with Gasteiger partial charge in [-0.25, -0.2) is 4.79 Å². The number of carbonyl (C=O) groups excluding carboxylic acids is 1. The number of methoxy groups -OCH3 is 1. The van der Waals surface area contributed by atoms with Crippen molar-refractivity contribution in [1.29, 1.82) is 0 Å². The summed E-state index contributed by atoms with van der Waals surface area (Å²) in [5, 5.41) is 7.34. The first-order valence-electron chi connectivity index (χ1n) is 11.4. The van der Waals surface area contributed by atoms with E-state index >= 15 is 0 Å². The van der Waals surface area contributed by atoms with Gasteiger partial charge in [0.25, 0.3) is 0 Å². The predicted octanol–water partition coefficient (Wildman–Crippen LogP) is 5.68. The van der Waals surface area contributed by atoms with Gasteiger partial charge in [0, 0.05) is 43.6 Å². The van der Waals surface area contributed by atoms with Crippen LogP contribution in [0.4, 0.5) is 10.5 Å². The van der Waals surface area contributed by atoms with Crippen LogP contribution in [0.15, 0.2) is 84.0 Å². The number of oxime groups is 1. The Kier molecular flexibility index (Phi) is 6.08. The highest BCUT2D eigenvalue weighted by molar-refractivity contribution is 6.02. The zero-order chi connectivity index (χ0) is 23.4. The van der Waals surface area contributed by atoms with Crippen LogP contribution in [-0.4, -0.2) is 42.4 Å². The molecule has 3 aromatic rings. The molecule has 0 atom stereocenters. The molecule has 2 aliphatic heterocycles. The molecule has 7 nitrogen and oxygen atoms in total. The Balaban J connectivity index is 1.13. The average Bonchev–Trinajstić information content (AvgIpc) is 3.29. The molecular weight excluding hydrogens is 430 g/mol. The minimum atomic E-state index is -0.342. The Morgan fingerprint density at radius 3 is 2.38 bits per heavy atom. The highest BCUT2D eigenvalue weighted by Gasteiger charge is 2.43. The third-order valence-corrected chi connectivity index (χ3v) is 6.29. The number of para-hydroxylation sites is 1. The summed E-state index contributed by atoms with van der Waals surface area (Å²) < 4.78 is 11.1. The number of carbonyl (C=O) groups is 1. The highest BCUT2D eigenvalue weighted by atomic mass is 16.7. The van der Waals surface area contributed by atoms with Crippen LogP contribution in [0, 0.1) is 0 Å². The molecule has 2 heterocycles. The van der Waals surface area contributed by atoms with Crippen LogP contribution in [0.5, 0.6) is 17.2 Å². The van der Waals surface area contributed by atoms with E-state index in [1.54, 1.807) is 7.11 Å². The molecule has 2 aliphatic rings. The first-order valence-corrected chi connectivity index (χ1v) is 11.4.